The fraction of sp³-hybridized carbons (Fsp3) is 0.300. The van der Waals surface area contributed by atoms with Crippen molar-refractivity contribution in [2.45, 2.75) is 6.54 Å². The molecule has 0 N–H and O–H groups in total. The molecule has 1 aliphatic heterocycles. The van der Waals surface area contributed by atoms with Crippen LogP contribution < -0.4 is 4.74 Å². The van der Waals surface area contributed by atoms with Gasteiger partial charge in [-0.25, -0.2) is 4.39 Å². The number of halogens is 2. The molecule has 0 bridgehead atoms. The number of ether oxygens (including phenoxy) is 1. The van der Waals surface area contributed by atoms with Gasteiger partial charge in [0.15, 0.2) is 5.82 Å². The van der Waals surface area contributed by atoms with E-state index in [0.29, 0.717) is 60.6 Å². The lowest BCUT2D eigenvalue weighted by Crippen LogP contribution is -2.48. The van der Waals surface area contributed by atoms with Crippen LogP contribution in [0.4, 0.5) is 4.39 Å². The third-order valence-electron chi connectivity index (χ3n) is 5.02. The number of tetrazole rings is 1. The van der Waals surface area contributed by atoms with E-state index >= 15 is 0 Å². The molecule has 156 valence electrons. The van der Waals surface area contributed by atoms with Crippen molar-refractivity contribution in [3.05, 3.63) is 64.7 Å². The number of carbonyl (C=O) groups excluding carboxylic acids is 1. The summed E-state index contributed by atoms with van der Waals surface area (Å²) in [7, 11) is 1.53. The minimum Gasteiger partial charge on any atom is -0.496 e. The predicted octanol–water partition coefficient (Wildman–Crippen LogP) is 2.42. The zero-order valence-corrected chi connectivity index (χ0v) is 17.1. The second-order valence-electron chi connectivity index (χ2n) is 6.90. The molecule has 0 aliphatic carbocycles. The van der Waals surface area contributed by atoms with Gasteiger partial charge in [-0.2, -0.15) is 4.68 Å². The van der Waals surface area contributed by atoms with Crippen LogP contribution in [-0.2, 0) is 6.54 Å². The molecular weight excluding hydrogens is 411 g/mol. The maximum atomic E-state index is 13.2. The predicted molar refractivity (Wildman–Crippen MR) is 108 cm³/mol. The summed E-state index contributed by atoms with van der Waals surface area (Å²) in [5, 5.41) is 12.3. The van der Waals surface area contributed by atoms with Crippen molar-refractivity contribution in [1.82, 2.24) is 30.0 Å². The second kappa shape index (κ2) is 8.76. The minimum atomic E-state index is -0.314. The van der Waals surface area contributed by atoms with Crippen molar-refractivity contribution < 1.29 is 13.9 Å². The highest BCUT2D eigenvalue weighted by molar-refractivity contribution is 6.31. The maximum absolute atomic E-state index is 13.2. The van der Waals surface area contributed by atoms with E-state index in [4.69, 9.17) is 16.3 Å². The number of piperazine rings is 1. The van der Waals surface area contributed by atoms with Crippen LogP contribution in [0.25, 0.3) is 5.69 Å². The lowest BCUT2D eigenvalue weighted by Gasteiger charge is -2.34. The molecule has 0 atom stereocenters. The Balaban J connectivity index is 1.40. The molecule has 10 heteroatoms. The highest BCUT2D eigenvalue weighted by Gasteiger charge is 2.25. The van der Waals surface area contributed by atoms with Crippen LogP contribution >= 0.6 is 11.6 Å². The van der Waals surface area contributed by atoms with E-state index < -0.39 is 0 Å². The summed E-state index contributed by atoms with van der Waals surface area (Å²) in [6, 6.07) is 11.0. The standard InChI is InChI=1S/C20H20ClFN6O2/c1-30-18-7-2-14(21)12-17(18)20(29)27-10-8-26(9-11-27)13-19-23-24-25-28(19)16-5-3-15(22)4-6-16/h2-7,12H,8-11,13H2,1H3. The zero-order chi connectivity index (χ0) is 21.1. The number of amides is 1. The van der Waals surface area contributed by atoms with Crippen LogP contribution in [0.5, 0.6) is 5.75 Å². The molecule has 0 radical (unpaired) electrons. The first-order chi connectivity index (χ1) is 14.5. The summed E-state index contributed by atoms with van der Waals surface area (Å²) in [5.41, 5.74) is 1.15. The quantitative estimate of drug-likeness (QED) is 0.618. The first-order valence-corrected chi connectivity index (χ1v) is 9.81. The highest BCUT2D eigenvalue weighted by atomic mass is 35.5. The molecule has 2 aromatic carbocycles. The molecule has 2 heterocycles. The number of hydrogen-bond donors (Lipinski definition) is 0. The van der Waals surface area contributed by atoms with Crippen LogP contribution in [0.1, 0.15) is 16.2 Å². The Bertz CT molecular complexity index is 1030. The van der Waals surface area contributed by atoms with Gasteiger partial charge in [-0.3, -0.25) is 9.69 Å². The Hall–Kier alpha value is -3.04. The molecular formula is C20H20ClFN6O2. The van der Waals surface area contributed by atoms with E-state index in [1.54, 1.807) is 39.9 Å². The summed E-state index contributed by atoms with van der Waals surface area (Å²) in [5.74, 6) is 0.735. The molecule has 1 fully saturated rings. The topological polar surface area (TPSA) is 76.4 Å². The van der Waals surface area contributed by atoms with E-state index in [1.807, 2.05) is 0 Å². The van der Waals surface area contributed by atoms with Crippen LogP contribution in [0, 0.1) is 5.82 Å². The average Bonchev–Trinajstić information content (AvgIpc) is 3.22. The number of carbonyl (C=O) groups is 1. The Kier molecular flexibility index (Phi) is 5.91. The summed E-state index contributed by atoms with van der Waals surface area (Å²) in [6.07, 6.45) is 0. The smallest absolute Gasteiger partial charge is 0.257 e. The summed E-state index contributed by atoms with van der Waals surface area (Å²) in [4.78, 5) is 16.9. The van der Waals surface area contributed by atoms with Crippen LogP contribution in [-0.4, -0.2) is 69.2 Å². The minimum absolute atomic E-state index is 0.106. The van der Waals surface area contributed by atoms with Gasteiger partial charge >= 0.3 is 0 Å². The second-order valence-corrected chi connectivity index (χ2v) is 7.33. The Morgan fingerprint density at radius 2 is 1.87 bits per heavy atom. The van der Waals surface area contributed by atoms with Gasteiger partial charge in [0.1, 0.15) is 11.6 Å². The molecule has 1 aliphatic rings. The van der Waals surface area contributed by atoms with Gasteiger partial charge in [-0.05, 0) is 52.9 Å². The van der Waals surface area contributed by atoms with Crippen LogP contribution in [0.2, 0.25) is 5.02 Å². The highest BCUT2D eigenvalue weighted by Crippen LogP contribution is 2.24. The lowest BCUT2D eigenvalue weighted by atomic mass is 10.1. The number of hydrogen-bond acceptors (Lipinski definition) is 6. The number of rotatable bonds is 5. The molecule has 0 saturated carbocycles. The largest absolute Gasteiger partial charge is 0.496 e. The van der Waals surface area contributed by atoms with Crippen molar-refractivity contribution in [2.24, 2.45) is 0 Å². The molecule has 1 amide bonds. The van der Waals surface area contributed by atoms with Crippen molar-refractivity contribution in [1.29, 1.82) is 0 Å². The Morgan fingerprint density at radius 3 is 2.57 bits per heavy atom. The van der Waals surface area contributed by atoms with Gasteiger partial charge in [0, 0.05) is 31.2 Å². The zero-order valence-electron chi connectivity index (χ0n) is 16.3. The molecule has 1 saturated heterocycles. The van der Waals surface area contributed by atoms with Crippen molar-refractivity contribution in [2.75, 3.05) is 33.3 Å². The molecule has 30 heavy (non-hydrogen) atoms. The molecule has 8 nitrogen and oxygen atoms in total. The van der Waals surface area contributed by atoms with Crippen LogP contribution in [0.15, 0.2) is 42.5 Å². The van der Waals surface area contributed by atoms with Gasteiger partial charge in [-0.15, -0.1) is 5.10 Å². The SMILES string of the molecule is COc1ccc(Cl)cc1C(=O)N1CCN(Cc2nnnn2-c2ccc(F)cc2)CC1. The van der Waals surface area contributed by atoms with Gasteiger partial charge in [0.2, 0.25) is 0 Å². The first-order valence-electron chi connectivity index (χ1n) is 9.43. The maximum Gasteiger partial charge on any atom is 0.257 e. The molecule has 3 aromatic rings. The van der Waals surface area contributed by atoms with Gasteiger partial charge in [0.05, 0.1) is 24.9 Å². The Morgan fingerprint density at radius 1 is 1.13 bits per heavy atom. The van der Waals surface area contributed by atoms with Crippen molar-refractivity contribution >= 4 is 17.5 Å². The van der Waals surface area contributed by atoms with Crippen molar-refractivity contribution in [3.8, 4) is 11.4 Å². The van der Waals surface area contributed by atoms with E-state index in [-0.39, 0.29) is 11.7 Å². The number of methoxy groups -OCH3 is 1. The normalized spacial score (nSPS) is 14.7. The Labute approximate surface area is 177 Å². The first kappa shape index (κ1) is 20.2. The molecule has 0 unspecified atom stereocenters. The van der Waals surface area contributed by atoms with Gasteiger partial charge in [0.25, 0.3) is 5.91 Å². The third-order valence-corrected chi connectivity index (χ3v) is 5.26. The number of benzene rings is 2. The monoisotopic (exact) mass is 430 g/mol. The third kappa shape index (κ3) is 4.27. The van der Waals surface area contributed by atoms with E-state index in [0.717, 1.165) is 0 Å². The molecule has 1 aromatic heterocycles. The lowest BCUT2D eigenvalue weighted by molar-refractivity contribution is 0.0621. The van der Waals surface area contributed by atoms with E-state index in [2.05, 4.69) is 20.4 Å². The van der Waals surface area contributed by atoms with Gasteiger partial charge < -0.3 is 9.64 Å². The summed E-state index contributed by atoms with van der Waals surface area (Å²) in [6.45, 7) is 2.99. The van der Waals surface area contributed by atoms with Gasteiger partial charge in [-0.1, -0.05) is 11.6 Å². The van der Waals surface area contributed by atoms with Crippen LogP contribution in [0.3, 0.4) is 0 Å². The molecule has 0 spiro atoms. The van der Waals surface area contributed by atoms with E-state index in [1.165, 1.54) is 19.2 Å². The summed E-state index contributed by atoms with van der Waals surface area (Å²) >= 11 is 6.06. The summed E-state index contributed by atoms with van der Waals surface area (Å²) < 4.78 is 20.1. The van der Waals surface area contributed by atoms with Crippen molar-refractivity contribution in [3.63, 3.8) is 0 Å². The molecule has 4 rings (SSSR count). The number of nitrogens with zero attached hydrogens (tertiary/aromatic N) is 6. The number of aromatic nitrogens is 4. The fourth-order valence-corrected chi connectivity index (χ4v) is 3.59. The van der Waals surface area contributed by atoms with E-state index in [9.17, 15) is 9.18 Å². The average molecular weight is 431 g/mol. The fourth-order valence-electron chi connectivity index (χ4n) is 3.41.